The van der Waals surface area contributed by atoms with Crippen molar-refractivity contribution in [1.29, 1.82) is 0 Å². The van der Waals surface area contributed by atoms with E-state index in [2.05, 4.69) is 15.5 Å². The van der Waals surface area contributed by atoms with Crippen LogP contribution in [-0.2, 0) is 4.74 Å². The molecule has 0 radical (unpaired) electrons. The SMILES string of the molecule is O=C(NCC1(N2CCOCC2)CCSC1)Nc1cccc(Cl)c1. The van der Waals surface area contributed by atoms with Crippen LogP contribution in [0, 0.1) is 0 Å². The molecule has 2 amide bonds. The topological polar surface area (TPSA) is 53.6 Å². The van der Waals surface area contributed by atoms with Crippen molar-refractivity contribution < 1.29 is 9.53 Å². The van der Waals surface area contributed by atoms with Crippen LogP contribution in [-0.4, -0.2) is 60.8 Å². The molecule has 5 nitrogen and oxygen atoms in total. The molecule has 0 aromatic heterocycles. The Balaban J connectivity index is 1.57. The standard InChI is InChI=1S/C16H22ClN3O2S/c17-13-2-1-3-14(10-13)19-15(21)18-11-16(4-9-23-12-16)20-5-7-22-8-6-20/h1-3,10H,4-9,11-12H2,(H2,18,19,21). The third-order valence-electron chi connectivity index (χ3n) is 4.42. The van der Waals surface area contributed by atoms with Crippen LogP contribution >= 0.6 is 23.4 Å². The number of hydrogen-bond acceptors (Lipinski definition) is 4. The van der Waals surface area contributed by atoms with Crippen molar-refractivity contribution in [2.45, 2.75) is 12.0 Å². The molecule has 3 rings (SSSR count). The number of urea groups is 1. The molecule has 1 aromatic carbocycles. The highest BCUT2D eigenvalue weighted by atomic mass is 35.5. The van der Waals surface area contributed by atoms with Crippen molar-refractivity contribution in [3.8, 4) is 0 Å². The van der Waals surface area contributed by atoms with Crippen LogP contribution in [0.15, 0.2) is 24.3 Å². The lowest BCUT2D eigenvalue weighted by molar-refractivity contribution is -0.0123. The Bertz CT molecular complexity index is 546. The second-order valence-corrected chi connectivity index (χ2v) is 7.49. The molecule has 2 fully saturated rings. The van der Waals surface area contributed by atoms with Crippen molar-refractivity contribution in [3.63, 3.8) is 0 Å². The van der Waals surface area contributed by atoms with Gasteiger partial charge in [-0.25, -0.2) is 4.79 Å². The van der Waals surface area contributed by atoms with Gasteiger partial charge in [-0.15, -0.1) is 0 Å². The molecule has 2 heterocycles. The minimum atomic E-state index is -0.184. The maximum absolute atomic E-state index is 12.2. The summed E-state index contributed by atoms with van der Waals surface area (Å²) in [6.45, 7) is 4.10. The van der Waals surface area contributed by atoms with Crippen LogP contribution in [0.3, 0.4) is 0 Å². The van der Waals surface area contributed by atoms with E-state index in [-0.39, 0.29) is 11.6 Å². The van der Waals surface area contributed by atoms with Gasteiger partial charge in [0.15, 0.2) is 0 Å². The van der Waals surface area contributed by atoms with E-state index in [1.807, 2.05) is 23.9 Å². The van der Waals surface area contributed by atoms with Gasteiger partial charge in [0.1, 0.15) is 0 Å². The second kappa shape index (κ2) is 7.75. The number of rotatable bonds is 4. The normalized spacial score (nSPS) is 25.3. The number of carbonyl (C=O) groups is 1. The lowest BCUT2D eigenvalue weighted by Gasteiger charge is -2.43. The number of nitrogens with zero attached hydrogens (tertiary/aromatic N) is 1. The van der Waals surface area contributed by atoms with Crippen LogP contribution in [0.4, 0.5) is 10.5 Å². The van der Waals surface area contributed by atoms with Gasteiger partial charge in [0.2, 0.25) is 0 Å². The summed E-state index contributed by atoms with van der Waals surface area (Å²) in [5.41, 5.74) is 0.761. The van der Waals surface area contributed by atoms with E-state index >= 15 is 0 Å². The highest BCUT2D eigenvalue weighted by Gasteiger charge is 2.40. The van der Waals surface area contributed by atoms with E-state index in [0.29, 0.717) is 17.3 Å². The Morgan fingerprint density at radius 2 is 2.22 bits per heavy atom. The summed E-state index contributed by atoms with van der Waals surface area (Å²) in [5, 5.41) is 6.49. The zero-order valence-corrected chi connectivity index (χ0v) is 14.6. The van der Waals surface area contributed by atoms with Gasteiger partial charge < -0.3 is 15.4 Å². The molecule has 0 saturated carbocycles. The zero-order chi connectivity index (χ0) is 16.1. The van der Waals surface area contributed by atoms with Crippen LogP contribution in [0.25, 0.3) is 0 Å². The monoisotopic (exact) mass is 355 g/mol. The predicted molar refractivity (Wildman–Crippen MR) is 95.5 cm³/mol. The van der Waals surface area contributed by atoms with Gasteiger partial charge in [-0.2, -0.15) is 11.8 Å². The average Bonchev–Trinajstić information content (AvgIpc) is 3.04. The molecule has 1 aromatic rings. The fraction of sp³-hybridized carbons (Fsp3) is 0.562. The third kappa shape index (κ3) is 4.32. The lowest BCUT2D eigenvalue weighted by atomic mass is 9.95. The Hall–Kier alpha value is -0.950. The number of benzene rings is 1. The van der Waals surface area contributed by atoms with Gasteiger partial charge in [0, 0.05) is 41.6 Å². The van der Waals surface area contributed by atoms with E-state index in [1.165, 1.54) is 0 Å². The van der Waals surface area contributed by atoms with Crippen LogP contribution in [0.2, 0.25) is 5.02 Å². The summed E-state index contributed by atoms with van der Waals surface area (Å²) in [4.78, 5) is 14.7. The van der Waals surface area contributed by atoms with Gasteiger partial charge in [-0.1, -0.05) is 17.7 Å². The van der Waals surface area contributed by atoms with Gasteiger partial charge >= 0.3 is 6.03 Å². The van der Waals surface area contributed by atoms with Gasteiger partial charge in [-0.05, 0) is 30.4 Å². The molecule has 7 heteroatoms. The van der Waals surface area contributed by atoms with E-state index in [1.54, 1.807) is 12.1 Å². The summed E-state index contributed by atoms with van der Waals surface area (Å²) in [7, 11) is 0. The molecule has 1 unspecified atom stereocenters. The lowest BCUT2D eigenvalue weighted by Crippen LogP contribution is -2.59. The first-order chi connectivity index (χ1) is 11.2. The molecule has 2 N–H and O–H groups in total. The quantitative estimate of drug-likeness (QED) is 0.871. The first-order valence-corrected chi connectivity index (χ1v) is 9.42. The van der Waals surface area contributed by atoms with E-state index in [0.717, 1.165) is 44.2 Å². The predicted octanol–water partition coefficient (Wildman–Crippen LogP) is 2.67. The van der Waals surface area contributed by atoms with E-state index in [9.17, 15) is 4.79 Å². The molecular weight excluding hydrogens is 334 g/mol. The number of thioether (sulfide) groups is 1. The Kier molecular flexibility index (Phi) is 5.69. The van der Waals surface area contributed by atoms with Crippen molar-refractivity contribution >= 4 is 35.1 Å². The van der Waals surface area contributed by atoms with Gasteiger partial charge in [0.25, 0.3) is 0 Å². The first kappa shape index (κ1) is 16.9. The van der Waals surface area contributed by atoms with Crippen LogP contribution < -0.4 is 10.6 Å². The summed E-state index contributed by atoms with van der Waals surface area (Å²) in [5.74, 6) is 2.21. The number of amides is 2. The molecule has 0 bridgehead atoms. The number of nitrogens with one attached hydrogen (secondary N) is 2. The number of morpholine rings is 1. The van der Waals surface area contributed by atoms with Crippen molar-refractivity contribution in [3.05, 3.63) is 29.3 Å². The number of anilines is 1. The smallest absolute Gasteiger partial charge is 0.319 e. The third-order valence-corrected chi connectivity index (χ3v) is 5.89. The molecule has 0 aliphatic carbocycles. The summed E-state index contributed by atoms with van der Waals surface area (Å²) >= 11 is 7.90. The Morgan fingerprint density at radius 3 is 2.91 bits per heavy atom. The minimum Gasteiger partial charge on any atom is -0.379 e. The number of halogens is 1. The molecule has 126 valence electrons. The number of ether oxygens (including phenoxy) is 1. The zero-order valence-electron chi connectivity index (χ0n) is 13.0. The summed E-state index contributed by atoms with van der Waals surface area (Å²) in [6, 6.07) is 6.99. The van der Waals surface area contributed by atoms with Crippen molar-refractivity contribution in [2.24, 2.45) is 0 Å². The van der Waals surface area contributed by atoms with Crippen LogP contribution in [0.5, 0.6) is 0 Å². The summed E-state index contributed by atoms with van der Waals surface area (Å²) in [6.07, 6.45) is 1.11. The molecule has 2 aliphatic rings. The maximum Gasteiger partial charge on any atom is 0.319 e. The fourth-order valence-electron chi connectivity index (χ4n) is 3.12. The summed E-state index contributed by atoms with van der Waals surface area (Å²) < 4.78 is 5.46. The first-order valence-electron chi connectivity index (χ1n) is 7.89. The molecule has 2 aliphatic heterocycles. The van der Waals surface area contributed by atoms with Crippen molar-refractivity contribution in [2.75, 3.05) is 49.7 Å². The molecule has 2 saturated heterocycles. The largest absolute Gasteiger partial charge is 0.379 e. The molecule has 23 heavy (non-hydrogen) atoms. The minimum absolute atomic E-state index is 0.0557. The van der Waals surface area contributed by atoms with Gasteiger partial charge in [0.05, 0.1) is 13.2 Å². The van der Waals surface area contributed by atoms with Gasteiger partial charge in [-0.3, -0.25) is 4.90 Å². The fourth-order valence-corrected chi connectivity index (χ4v) is 4.79. The van der Waals surface area contributed by atoms with E-state index in [4.69, 9.17) is 16.3 Å². The highest BCUT2D eigenvalue weighted by molar-refractivity contribution is 7.99. The number of hydrogen-bond donors (Lipinski definition) is 2. The second-order valence-electron chi connectivity index (χ2n) is 5.94. The Morgan fingerprint density at radius 1 is 1.39 bits per heavy atom. The molecular formula is C16H22ClN3O2S. The van der Waals surface area contributed by atoms with Crippen molar-refractivity contribution in [1.82, 2.24) is 10.2 Å². The maximum atomic E-state index is 12.2. The molecule has 1 atom stereocenters. The number of carbonyl (C=O) groups excluding carboxylic acids is 1. The Labute approximate surface area is 146 Å². The molecule has 0 spiro atoms. The highest BCUT2D eigenvalue weighted by Crippen LogP contribution is 2.33. The average molecular weight is 356 g/mol. The van der Waals surface area contributed by atoms with Crippen LogP contribution in [0.1, 0.15) is 6.42 Å². The van der Waals surface area contributed by atoms with E-state index < -0.39 is 0 Å².